The third-order valence-corrected chi connectivity index (χ3v) is 3.49. The monoisotopic (exact) mass is 278 g/mol. The van der Waals surface area contributed by atoms with Crippen LogP contribution in [0.1, 0.15) is 39.2 Å². The van der Waals surface area contributed by atoms with E-state index in [-0.39, 0.29) is 17.8 Å². The average Bonchev–Trinajstić information content (AvgIpc) is 2.82. The van der Waals surface area contributed by atoms with Gasteiger partial charge in [0.1, 0.15) is 5.82 Å². The summed E-state index contributed by atoms with van der Waals surface area (Å²) in [5, 5.41) is 6.83. The number of halogens is 1. The molecule has 0 fully saturated rings. The van der Waals surface area contributed by atoms with Crippen molar-refractivity contribution in [3.63, 3.8) is 0 Å². The van der Waals surface area contributed by atoms with Gasteiger partial charge in [-0.3, -0.25) is 4.79 Å². The lowest BCUT2D eigenvalue weighted by Crippen LogP contribution is -2.47. The van der Waals surface area contributed by atoms with E-state index >= 15 is 0 Å². The van der Waals surface area contributed by atoms with Gasteiger partial charge in [-0.05, 0) is 32.4 Å². The first-order valence-corrected chi connectivity index (χ1v) is 6.76. The Morgan fingerprint density at radius 2 is 2.35 bits per heavy atom. The van der Waals surface area contributed by atoms with Crippen molar-refractivity contribution in [1.29, 1.82) is 0 Å². The second-order valence-electron chi connectivity index (χ2n) is 5.33. The van der Waals surface area contributed by atoms with Gasteiger partial charge < -0.3 is 10.2 Å². The molecule has 1 aliphatic rings. The topological polar surface area (TPSA) is 50.7 Å². The Labute approximate surface area is 118 Å². The number of benzene rings is 1. The first kappa shape index (κ1) is 14.5. The van der Waals surface area contributed by atoms with Gasteiger partial charge in [0.2, 0.25) is 5.60 Å². The van der Waals surface area contributed by atoms with Crippen LogP contribution in [0.2, 0.25) is 0 Å². The largest absolute Gasteiger partial charge is 0.379 e. The summed E-state index contributed by atoms with van der Waals surface area (Å²) in [5.74, 6) is -0.523. The minimum absolute atomic E-state index is 0.0844. The standard InChI is InChI=1S/C15H19FN2O2/c1-4-10(2)17-14(19)15(3)9-13(18-20-15)11-6-5-7-12(16)8-11/h5-8,10H,4,9H2,1-3H3,(H,17,19)/t10-,15+/m1/s1. The van der Waals surface area contributed by atoms with E-state index in [1.807, 2.05) is 13.8 Å². The predicted molar refractivity (Wildman–Crippen MR) is 74.9 cm³/mol. The molecule has 1 aliphatic heterocycles. The van der Waals surface area contributed by atoms with Gasteiger partial charge in [-0.25, -0.2) is 4.39 Å². The highest BCUT2D eigenvalue weighted by Crippen LogP contribution is 2.27. The molecule has 2 rings (SSSR count). The van der Waals surface area contributed by atoms with Crippen LogP contribution in [0, 0.1) is 5.82 Å². The summed E-state index contributed by atoms with van der Waals surface area (Å²) in [7, 11) is 0. The molecule has 5 heteroatoms. The van der Waals surface area contributed by atoms with Crippen LogP contribution >= 0.6 is 0 Å². The lowest BCUT2D eigenvalue weighted by molar-refractivity contribution is -0.142. The fourth-order valence-electron chi connectivity index (χ4n) is 1.96. The Kier molecular flexibility index (Phi) is 4.06. The minimum atomic E-state index is -1.02. The fraction of sp³-hybridized carbons (Fsp3) is 0.467. The summed E-state index contributed by atoms with van der Waals surface area (Å²) in [6.07, 6.45) is 1.18. The van der Waals surface area contributed by atoms with Gasteiger partial charge in [0.25, 0.3) is 5.91 Å². The molecule has 2 atom stereocenters. The number of amides is 1. The molecule has 0 unspecified atom stereocenters. The molecular weight excluding hydrogens is 259 g/mol. The maximum atomic E-state index is 13.2. The fourth-order valence-corrected chi connectivity index (χ4v) is 1.96. The highest BCUT2D eigenvalue weighted by molar-refractivity contribution is 6.05. The normalized spacial score (nSPS) is 22.9. The van der Waals surface area contributed by atoms with Crippen LogP contribution in [0.4, 0.5) is 4.39 Å². The molecule has 0 aromatic heterocycles. The summed E-state index contributed by atoms with van der Waals surface area (Å²) in [6.45, 7) is 5.63. The lowest BCUT2D eigenvalue weighted by atomic mass is 9.94. The summed E-state index contributed by atoms with van der Waals surface area (Å²) in [6, 6.07) is 6.21. The molecule has 108 valence electrons. The van der Waals surface area contributed by atoms with Crippen molar-refractivity contribution in [3.8, 4) is 0 Å². The predicted octanol–water partition coefficient (Wildman–Crippen LogP) is 2.62. The van der Waals surface area contributed by atoms with E-state index in [4.69, 9.17) is 4.84 Å². The van der Waals surface area contributed by atoms with Crippen molar-refractivity contribution in [2.75, 3.05) is 0 Å². The van der Waals surface area contributed by atoms with Crippen LogP contribution in [0.25, 0.3) is 0 Å². The second kappa shape index (κ2) is 5.61. The Morgan fingerprint density at radius 3 is 3.00 bits per heavy atom. The Morgan fingerprint density at radius 1 is 1.60 bits per heavy atom. The van der Waals surface area contributed by atoms with Crippen molar-refractivity contribution >= 4 is 11.6 Å². The zero-order valence-corrected chi connectivity index (χ0v) is 11.9. The summed E-state index contributed by atoms with van der Waals surface area (Å²) in [4.78, 5) is 17.5. The number of hydrogen-bond donors (Lipinski definition) is 1. The number of hydrogen-bond acceptors (Lipinski definition) is 3. The quantitative estimate of drug-likeness (QED) is 0.920. The van der Waals surface area contributed by atoms with Crippen molar-refractivity contribution in [2.24, 2.45) is 5.16 Å². The molecule has 20 heavy (non-hydrogen) atoms. The van der Waals surface area contributed by atoms with Crippen molar-refractivity contribution < 1.29 is 14.0 Å². The minimum Gasteiger partial charge on any atom is -0.379 e. The number of oxime groups is 1. The molecule has 0 saturated carbocycles. The number of carbonyl (C=O) groups is 1. The van der Waals surface area contributed by atoms with Crippen LogP contribution in [-0.2, 0) is 9.63 Å². The average molecular weight is 278 g/mol. The summed E-state index contributed by atoms with van der Waals surface area (Å²) < 4.78 is 13.2. The third kappa shape index (κ3) is 2.98. The Hall–Kier alpha value is -1.91. The smallest absolute Gasteiger partial charge is 0.267 e. The molecule has 0 saturated heterocycles. The van der Waals surface area contributed by atoms with Crippen LogP contribution in [0.3, 0.4) is 0 Å². The van der Waals surface area contributed by atoms with Gasteiger partial charge in [-0.15, -0.1) is 0 Å². The van der Waals surface area contributed by atoms with Gasteiger partial charge in [0, 0.05) is 18.0 Å². The molecule has 1 heterocycles. The first-order valence-electron chi connectivity index (χ1n) is 6.76. The second-order valence-corrected chi connectivity index (χ2v) is 5.33. The molecule has 0 spiro atoms. The molecule has 1 N–H and O–H groups in total. The number of nitrogens with zero attached hydrogens (tertiary/aromatic N) is 1. The maximum Gasteiger partial charge on any atom is 0.267 e. The lowest BCUT2D eigenvalue weighted by Gasteiger charge is -2.22. The highest BCUT2D eigenvalue weighted by Gasteiger charge is 2.42. The Bertz CT molecular complexity index is 544. The van der Waals surface area contributed by atoms with E-state index in [1.165, 1.54) is 12.1 Å². The zero-order valence-electron chi connectivity index (χ0n) is 11.9. The van der Waals surface area contributed by atoms with E-state index < -0.39 is 5.60 Å². The van der Waals surface area contributed by atoms with E-state index in [2.05, 4.69) is 10.5 Å². The van der Waals surface area contributed by atoms with Gasteiger partial charge in [0.15, 0.2) is 0 Å². The highest BCUT2D eigenvalue weighted by atomic mass is 19.1. The maximum absolute atomic E-state index is 13.2. The molecule has 1 aromatic rings. The van der Waals surface area contributed by atoms with Crippen LogP contribution in [-0.4, -0.2) is 23.3 Å². The molecule has 1 amide bonds. The van der Waals surface area contributed by atoms with Crippen molar-refractivity contribution in [3.05, 3.63) is 35.6 Å². The van der Waals surface area contributed by atoms with Gasteiger partial charge >= 0.3 is 0 Å². The summed E-state index contributed by atoms with van der Waals surface area (Å²) >= 11 is 0. The van der Waals surface area contributed by atoms with Crippen molar-refractivity contribution in [2.45, 2.75) is 45.3 Å². The molecule has 0 radical (unpaired) electrons. The van der Waals surface area contributed by atoms with E-state index in [9.17, 15) is 9.18 Å². The number of carbonyl (C=O) groups excluding carboxylic acids is 1. The Balaban J connectivity index is 2.08. The van der Waals surface area contributed by atoms with Gasteiger partial charge in [-0.1, -0.05) is 24.2 Å². The number of nitrogens with one attached hydrogen (secondary N) is 1. The zero-order chi connectivity index (χ0) is 14.8. The van der Waals surface area contributed by atoms with E-state index in [0.717, 1.165) is 6.42 Å². The molecule has 0 aliphatic carbocycles. The molecular formula is C15H19FN2O2. The van der Waals surface area contributed by atoms with Crippen LogP contribution in [0.5, 0.6) is 0 Å². The summed E-state index contributed by atoms with van der Waals surface area (Å²) in [5.41, 5.74) is 0.210. The van der Waals surface area contributed by atoms with Crippen LogP contribution in [0.15, 0.2) is 29.4 Å². The van der Waals surface area contributed by atoms with Crippen molar-refractivity contribution in [1.82, 2.24) is 5.32 Å². The SMILES string of the molecule is CC[C@@H](C)NC(=O)[C@]1(C)CC(c2cccc(F)c2)=NO1. The molecule has 4 nitrogen and oxygen atoms in total. The molecule has 1 aromatic carbocycles. The van der Waals surface area contributed by atoms with E-state index in [0.29, 0.717) is 17.7 Å². The third-order valence-electron chi connectivity index (χ3n) is 3.49. The van der Waals surface area contributed by atoms with E-state index in [1.54, 1.807) is 19.1 Å². The molecule has 0 bridgehead atoms. The first-order chi connectivity index (χ1) is 9.44. The van der Waals surface area contributed by atoms with Gasteiger partial charge in [0.05, 0.1) is 5.71 Å². The van der Waals surface area contributed by atoms with Gasteiger partial charge in [-0.2, -0.15) is 0 Å². The number of rotatable bonds is 4. The van der Waals surface area contributed by atoms with Crippen LogP contribution < -0.4 is 5.32 Å².